The lowest BCUT2D eigenvalue weighted by Crippen LogP contribution is -2.44. The van der Waals surface area contributed by atoms with E-state index in [9.17, 15) is 0 Å². The summed E-state index contributed by atoms with van der Waals surface area (Å²) in [7, 11) is 3.80. The fourth-order valence-electron chi connectivity index (χ4n) is 4.94. The third-order valence-electron chi connectivity index (χ3n) is 7.10. The van der Waals surface area contributed by atoms with E-state index in [1.807, 2.05) is 24.4 Å². The molecule has 0 spiro atoms. The molecule has 1 aliphatic heterocycles. The molecule has 1 aromatic carbocycles. The first kappa shape index (κ1) is 20.2. The van der Waals surface area contributed by atoms with E-state index < -0.39 is 0 Å². The van der Waals surface area contributed by atoms with Gasteiger partial charge in [0.2, 0.25) is 5.95 Å². The minimum atomic E-state index is 0.312. The Morgan fingerprint density at radius 3 is 2.55 bits per heavy atom. The predicted molar refractivity (Wildman–Crippen MR) is 128 cm³/mol. The van der Waals surface area contributed by atoms with Gasteiger partial charge >= 0.3 is 0 Å². The molecule has 33 heavy (non-hydrogen) atoms. The van der Waals surface area contributed by atoms with Crippen molar-refractivity contribution in [1.29, 1.82) is 0 Å². The van der Waals surface area contributed by atoms with E-state index in [2.05, 4.69) is 34.0 Å². The van der Waals surface area contributed by atoms with Crippen LogP contribution in [0.3, 0.4) is 0 Å². The Morgan fingerprint density at radius 2 is 1.82 bits per heavy atom. The molecule has 1 saturated carbocycles. The summed E-state index contributed by atoms with van der Waals surface area (Å²) in [6.07, 6.45) is 4.08. The van der Waals surface area contributed by atoms with Crippen molar-refractivity contribution in [3.8, 4) is 5.75 Å². The normalized spacial score (nSPS) is 21.5. The number of nitrogens with zero attached hydrogens (tertiary/aromatic N) is 7. The van der Waals surface area contributed by atoms with Crippen molar-refractivity contribution in [1.82, 2.24) is 29.5 Å². The largest absolute Gasteiger partial charge is 0.494 e. The quantitative estimate of drug-likeness (QED) is 0.513. The van der Waals surface area contributed by atoms with Crippen molar-refractivity contribution < 1.29 is 4.74 Å². The lowest BCUT2D eigenvalue weighted by atomic mass is 9.71. The molecule has 4 aromatic rings. The zero-order valence-electron chi connectivity index (χ0n) is 19.0. The molecule has 2 fully saturated rings. The number of benzene rings is 1. The summed E-state index contributed by atoms with van der Waals surface area (Å²) >= 11 is 0. The first-order chi connectivity index (χ1) is 16.1. The van der Waals surface area contributed by atoms with Gasteiger partial charge in [0, 0.05) is 43.7 Å². The van der Waals surface area contributed by atoms with Crippen LogP contribution in [0, 0.1) is 0 Å². The zero-order chi connectivity index (χ0) is 22.5. The fourth-order valence-corrected chi connectivity index (χ4v) is 4.94. The average molecular weight is 445 g/mol. The van der Waals surface area contributed by atoms with Crippen molar-refractivity contribution >= 4 is 28.3 Å². The van der Waals surface area contributed by atoms with Gasteiger partial charge in [0.1, 0.15) is 17.1 Å². The van der Waals surface area contributed by atoms with Gasteiger partial charge in [-0.1, -0.05) is 12.1 Å². The number of pyridine rings is 1. The molecular weight excluding hydrogens is 416 g/mol. The number of rotatable bonds is 4. The molecule has 9 nitrogen and oxygen atoms in total. The molecule has 3 aromatic heterocycles. The van der Waals surface area contributed by atoms with E-state index >= 15 is 0 Å². The van der Waals surface area contributed by atoms with E-state index in [1.165, 1.54) is 5.56 Å². The first-order valence-corrected chi connectivity index (χ1v) is 11.5. The lowest BCUT2D eigenvalue weighted by Gasteiger charge is -2.35. The zero-order valence-corrected chi connectivity index (χ0v) is 19.0. The van der Waals surface area contributed by atoms with Crippen LogP contribution in [0.1, 0.15) is 36.1 Å². The van der Waals surface area contributed by atoms with Crippen LogP contribution >= 0.6 is 0 Å². The van der Waals surface area contributed by atoms with Crippen LogP contribution in [-0.4, -0.2) is 69.8 Å². The lowest BCUT2D eigenvalue weighted by molar-refractivity contribution is 0.312. The summed E-state index contributed by atoms with van der Waals surface area (Å²) in [5.74, 6) is 3.71. The number of fused-ring (bicyclic) bond motifs is 3. The van der Waals surface area contributed by atoms with Gasteiger partial charge < -0.3 is 20.3 Å². The molecule has 2 aliphatic rings. The summed E-state index contributed by atoms with van der Waals surface area (Å²) in [5.41, 5.74) is 8.93. The van der Waals surface area contributed by atoms with Gasteiger partial charge in [0.25, 0.3) is 0 Å². The van der Waals surface area contributed by atoms with E-state index in [-0.39, 0.29) is 0 Å². The van der Waals surface area contributed by atoms with Crippen molar-refractivity contribution in [3.63, 3.8) is 0 Å². The number of aromatic nitrogens is 5. The summed E-state index contributed by atoms with van der Waals surface area (Å²) in [6.45, 7) is 4.24. The Kier molecular flexibility index (Phi) is 4.79. The highest BCUT2D eigenvalue weighted by molar-refractivity contribution is 5.95. The molecule has 1 saturated heterocycles. The number of hydrogen-bond donors (Lipinski definition) is 1. The second-order valence-electron chi connectivity index (χ2n) is 9.14. The number of nitrogens with two attached hydrogens (primary N) is 1. The maximum Gasteiger partial charge on any atom is 0.223 e. The standard InChI is InChI=1S/C24H28N8O/c1-30-8-10-31(11-9-30)20-7-6-15(14-26-20)16-12-17(13-16)22-28-23-18-4-3-5-19(33-2)21(18)27-24(25)32(23)29-22/h3-7,14,16-17H,8-13H2,1-2H3,(H2,25,27). The third-order valence-corrected chi connectivity index (χ3v) is 7.10. The second-order valence-corrected chi connectivity index (χ2v) is 9.14. The van der Waals surface area contributed by atoms with Gasteiger partial charge in [0.15, 0.2) is 11.5 Å². The predicted octanol–water partition coefficient (Wildman–Crippen LogP) is 2.68. The van der Waals surface area contributed by atoms with E-state index in [4.69, 9.17) is 25.5 Å². The van der Waals surface area contributed by atoms with Crippen LogP contribution in [0.15, 0.2) is 36.5 Å². The summed E-state index contributed by atoms with van der Waals surface area (Å²) in [4.78, 5) is 18.8. The van der Waals surface area contributed by atoms with Gasteiger partial charge in [0.05, 0.1) is 7.11 Å². The molecule has 4 heterocycles. The Morgan fingerprint density at radius 1 is 1.00 bits per heavy atom. The number of hydrogen-bond acceptors (Lipinski definition) is 8. The average Bonchev–Trinajstić information content (AvgIpc) is 3.25. The highest BCUT2D eigenvalue weighted by atomic mass is 16.5. The highest BCUT2D eigenvalue weighted by Gasteiger charge is 2.35. The van der Waals surface area contributed by atoms with Gasteiger partial charge in [-0.2, -0.15) is 4.52 Å². The van der Waals surface area contributed by atoms with E-state index in [0.717, 1.165) is 61.7 Å². The molecular formula is C24H28N8O. The first-order valence-electron chi connectivity index (χ1n) is 11.5. The Hall–Kier alpha value is -3.46. The molecule has 9 heteroatoms. The molecule has 6 rings (SSSR count). The number of piperazine rings is 1. The molecule has 0 amide bonds. The smallest absolute Gasteiger partial charge is 0.223 e. The number of nitrogen functional groups attached to an aromatic ring is 1. The molecule has 0 unspecified atom stereocenters. The summed E-state index contributed by atoms with van der Waals surface area (Å²) in [5, 5.41) is 5.59. The maximum absolute atomic E-state index is 6.20. The van der Waals surface area contributed by atoms with Crippen molar-refractivity contribution in [2.24, 2.45) is 0 Å². The summed E-state index contributed by atoms with van der Waals surface area (Å²) in [6, 6.07) is 10.2. The minimum absolute atomic E-state index is 0.312. The van der Waals surface area contributed by atoms with Gasteiger partial charge in [-0.25, -0.2) is 15.0 Å². The van der Waals surface area contributed by atoms with Crippen LogP contribution in [0.2, 0.25) is 0 Å². The van der Waals surface area contributed by atoms with Crippen LogP contribution < -0.4 is 15.4 Å². The topological polar surface area (TPSA) is 97.7 Å². The van der Waals surface area contributed by atoms with Crippen LogP contribution in [0.5, 0.6) is 5.75 Å². The number of methoxy groups -OCH3 is 1. The van der Waals surface area contributed by atoms with Crippen LogP contribution in [0.4, 0.5) is 11.8 Å². The molecule has 1 aliphatic carbocycles. The SMILES string of the molecule is COc1cccc2c1nc(N)n1nc(C3CC(c4ccc(N5CCN(C)CC5)nc4)C3)nc21. The van der Waals surface area contributed by atoms with Crippen LogP contribution in [0.25, 0.3) is 16.6 Å². The Bertz CT molecular complexity index is 1300. The van der Waals surface area contributed by atoms with Gasteiger partial charge in [-0.15, -0.1) is 5.10 Å². The third kappa shape index (κ3) is 3.43. The molecule has 170 valence electrons. The van der Waals surface area contributed by atoms with Crippen molar-refractivity contribution in [2.75, 3.05) is 51.0 Å². The number of anilines is 2. The van der Waals surface area contributed by atoms with Crippen molar-refractivity contribution in [3.05, 3.63) is 47.9 Å². The number of likely N-dealkylation sites (N-methyl/N-ethyl adjacent to an activating group) is 1. The summed E-state index contributed by atoms with van der Waals surface area (Å²) < 4.78 is 7.10. The highest BCUT2D eigenvalue weighted by Crippen LogP contribution is 2.46. The van der Waals surface area contributed by atoms with E-state index in [1.54, 1.807) is 11.6 Å². The van der Waals surface area contributed by atoms with Crippen LogP contribution in [-0.2, 0) is 0 Å². The van der Waals surface area contributed by atoms with Gasteiger partial charge in [-0.05, 0) is 49.6 Å². The molecule has 0 bridgehead atoms. The Labute approximate surface area is 192 Å². The van der Waals surface area contributed by atoms with E-state index in [0.29, 0.717) is 29.1 Å². The van der Waals surface area contributed by atoms with Crippen molar-refractivity contribution in [2.45, 2.75) is 24.7 Å². The molecule has 2 N–H and O–H groups in total. The molecule has 0 atom stereocenters. The Balaban J connectivity index is 1.20. The molecule has 0 radical (unpaired) electrons. The maximum atomic E-state index is 6.20. The minimum Gasteiger partial charge on any atom is -0.494 e. The van der Waals surface area contributed by atoms with Gasteiger partial charge in [-0.3, -0.25) is 0 Å². The fraction of sp³-hybridized carbons (Fsp3) is 0.417. The number of ether oxygens (including phenoxy) is 1. The number of para-hydroxylation sites is 1. The monoisotopic (exact) mass is 444 g/mol. The second kappa shape index (κ2) is 7.84.